The number of amides is 2. The predicted octanol–water partition coefficient (Wildman–Crippen LogP) is 8.51. The van der Waals surface area contributed by atoms with Crippen molar-refractivity contribution in [3.63, 3.8) is 0 Å². The average molecular weight is 729 g/mol. The van der Waals surface area contributed by atoms with Crippen molar-refractivity contribution < 1.29 is 42.4 Å². The van der Waals surface area contributed by atoms with Gasteiger partial charge in [-0.2, -0.15) is 5.48 Å². The van der Waals surface area contributed by atoms with Crippen LogP contribution in [0, 0.1) is 11.8 Å². The van der Waals surface area contributed by atoms with Crippen molar-refractivity contribution in [2.24, 2.45) is 11.8 Å². The number of hydroxylamine groups is 1. The van der Waals surface area contributed by atoms with Crippen LogP contribution in [0.3, 0.4) is 0 Å². The zero-order valence-electron chi connectivity index (χ0n) is 30.5. The van der Waals surface area contributed by atoms with Crippen molar-refractivity contribution in [2.75, 3.05) is 13.7 Å². The van der Waals surface area contributed by atoms with Crippen molar-refractivity contribution >= 4 is 12.0 Å². The third-order valence-electron chi connectivity index (χ3n) is 8.40. The molecule has 2 aromatic heterocycles. The number of hydrogen-bond donors (Lipinski definition) is 5. The van der Waals surface area contributed by atoms with Gasteiger partial charge in [0.15, 0.2) is 0 Å². The Balaban J connectivity index is 0. The zero-order chi connectivity index (χ0) is 36.1. The van der Waals surface area contributed by atoms with Crippen LogP contribution < -0.4 is 10.8 Å². The van der Waals surface area contributed by atoms with Crippen LogP contribution in [-0.4, -0.2) is 67.8 Å². The van der Waals surface area contributed by atoms with Gasteiger partial charge in [0.05, 0.1) is 49.3 Å². The second-order valence-electron chi connectivity index (χ2n) is 12.5. The number of benzene rings is 2. The number of nitrogens with one attached hydrogen (secondary N) is 4. The Kier molecular flexibility index (Phi) is 17.2. The van der Waals surface area contributed by atoms with E-state index in [0.29, 0.717) is 12.5 Å². The van der Waals surface area contributed by atoms with Gasteiger partial charge in [-0.1, -0.05) is 102 Å². The summed E-state index contributed by atoms with van der Waals surface area (Å²) in [6.45, 7) is 18.1. The normalized spacial score (nSPS) is 14.8. The Labute approximate surface area is 313 Å². The van der Waals surface area contributed by atoms with Gasteiger partial charge in [0.2, 0.25) is 5.91 Å². The standard InChI is InChI=1S/C29H32N6O3.C7H15NO.C2H6.V.3H2/c1-18(2)26(34-29(37)38-3)28(36)35-14-4-5-25(35)27-31-16-24(33-27)22-12-8-20(9-13-22)19-6-10-21(11-7-19)23-15-30-17-32-23;1-5(2)7(8-9)6(3)4;1-2;;;;/h6-13,15-18,25-26H,4-5,14H2,1-3H3,(H,30,32)(H,31,33)(H,34,37);6-9H,1H2,2-4H3;1-2H3;;3*1H/t25-,26-;7-;;;;;/m01...../s1. The molecule has 50 heavy (non-hydrogen) atoms. The van der Waals surface area contributed by atoms with Gasteiger partial charge < -0.3 is 30.1 Å². The first-order valence-corrected chi connectivity index (χ1v) is 17.0. The minimum atomic E-state index is -0.654. The van der Waals surface area contributed by atoms with Crippen LogP contribution in [0.25, 0.3) is 33.6 Å². The number of aromatic nitrogens is 4. The molecule has 1 fully saturated rings. The topological polar surface area (TPSA) is 148 Å². The Morgan fingerprint density at radius 1 is 0.940 bits per heavy atom. The van der Waals surface area contributed by atoms with E-state index in [4.69, 9.17) is 9.94 Å². The summed E-state index contributed by atoms with van der Waals surface area (Å²) in [4.78, 5) is 42.3. The number of nitrogens with zero attached hydrogens (tertiary/aromatic N) is 3. The van der Waals surface area contributed by atoms with Gasteiger partial charge in [-0.15, -0.1) is 0 Å². The van der Waals surface area contributed by atoms with Crippen LogP contribution in [0.4, 0.5) is 4.79 Å². The summed E-state index contributed by atoms with van der Waals surface area (Å²) < 4.78 is 4.72. The number of alkyl carbamates (subject to hydrolysis) is 1. The number of imidazole rings is 2. The molecule has 12 heteroatoms. The zero-order valence-corrected chi connectivity index (χ0v) is 31.9. The molecule has 5 rings (SSSR count). The summed E-state index contributed by atoms with van der Waals surface area (Å²) in [5.41, 5.74) is 9.41. The molecule has 11 nitrogen and oxygen atoms in total. The number of carbonyl (C=O) groups is 2. The first kappa shape index (κ1) is 42.0. The molecule has 2 aromatic carbocycles. The van der Waals surface area contributed by atoms with Gasteiger partial charge in [-0.05, 0) is 53.9 Å². The van der Waals surface area contributed by atoms with E-state index in [1.54, 1.807) is 6.33 Å². The van der Waals surface area contributed by atoms with E-state index < -0.39 is 12.1 Å². The number of hydrogen-bond acceptors (Lipinski definition) is 7. The SMILES string of the molecule is C=C(C)[C@@H](NO)C(C)C.CC.COC(=O)N[C@H](C(=O)N1CCC[C@H]1c1ncc(-c2ccc(-c3ccc(-c4cnc[nH]4)cc3)cc2)[nH]1)C(C)C.[HH].[HH].[HH].[V]. The molecule has 0 spiro atoms. The largest absolute Gasteiger partial charge is 0.453 e. The maximum absolute atomic E-state index is 13.4. The Morgan fingerprint density at radius 3 is 1.92 bits per heavy atom. The minimum absolute atomic E-state index is 0. The first-order chi connectivity index (χ1) is 23.5. The summed E-state index contributed by atoms with van der Waals surface area (Å²) in [7, 11) is 1.30. The van der Waals surface area contributed by atoms with E-state index >= 15 is 0 Å². The van der Waals surface area contributed by atoms with Crippen LogP contribution in [0.15, 0.2) is 79.4 Å². The van der Waals surface area contributed by atoms with Crippen LogP contribution in [0.1, 0.15) is 77.5 Å². The molecule has 4 aromatic rings. The van der Waals surface area contributed by atoms with Crippen molar-refractivity contribution in [3.8, 4) is 33.6 Å². The number of carbonyl (C=O) groups excluding carboxylic acids is 2. The van der Waals surface area contributed by atoms with Gasteiger partial charge in [0.1, 0.15) is 11.9 Å². The van der Waals surface area contributed by atoms with Crippen molar-refractivity contribution in [3.05, 3.63) is 85.2 Å². The molecule has 1 aliphatic heterocycles. The van der Waals surface area contributed by atoms with Crippen LogP contribution >= 0.6 is 0 Å². The van der Waals surface area contributed by atoms with Gasteiger partial charge in [-0.3, -0.25) is 4.79 Å². The Bertz CT molecular complexity index is 1620. The van der Waals surface area contributed by atoms with Gasteiger partial charge >= 0.3 is 6.09 Å². The van der Waals surface area contributed by atoms with E-state index in [0.717, 1.165) is 57.9 Å². The quantitative estimate of drug-likeness (QED) is 0.0812. The van der Waals surface area contributed by atoms with Gasteiger partial charge in [0, 0.05) is 29.4 Å². The second kappa shape index (κ2) is 20.5. The molecular weight excluding hydrogens is 669 g/mol. The molecule has 0 bridgehead atoms. The van der Waals surface area contributed by atoms with E-state index in [9.17, 15) is 9.59 Å². The number of ether oxygens (including phenoxy) is 1. The third kappa shape index (κ3) is 10.9. The summed E-state index contributed by atoms with van der Waals surface area (Å²) in [5.74, 6) is 0.960. The number of aromatic amines is 2. The van der Waals surface area contributed by atoms with Crippen molar-refractivity contribution in [2.45, 2.75) is 79.4 Å². The Morgan fingerprint density at radius 2 is 1.48 bits per heavy atom. The van der Waals surface area contributed by atoms with Crippen molar-refractivity contribution in [1.29, 1.82) is 0 Å². The fourth-order valence-electron chi connectivity index (χ4n) is 5.77. The number of rotatable bonds is 10. The molecule has 3 atom stereocenters. The molecule has 0 saturated carbocycles. The Hall–Kier alpha value is -4.16. The van der Waals surface area contributed by atoms with E-state index in [2.05, 4.69) is 85.8 Å². The molecule has 5 N–H and O–H groups in total. The van der Waals surface area contributed by atoms with Gasteiger partial charge in [0.25, 0.3) is 0 Å². The molecule has 275 valence electrons. The number of likely N-dealkylation sites (tertiary alicyclic amines) is 1. The fraction of sp³-hybridized carbons (Fsp3) is 0.421. The van der Waals surface area contributed by atoms with Crippen molar-refractivity contribution in [1.82, 2.24) is 35.6 Å². The molecule has 1 radical (unpaired) electrons. The number of H-pyrrole nitrogens is 2. The van der Waals surface area contributed by atoms with Crippen LogP contribution in [-0.2, 0) is 28.1 Å². The first-order valence-electron chi connectivity index (χ1n) is 17.0. The molecular formula is C38H59N7O4V. The summed E-state index contributed by atoms with van der Waals surface area (Å²) >= 11 is 0. The maximum atomic E-state index is 13.4. The molecule has 0 aliphatic carbocycles. The molecule has 1 aliphatic rings. The van der Waals surface area contributed by atoms with E-state index in [1.165, 1.54) is 7.11 Å². The minimum Gasteiger partial charge on any atom is -0.453 e. The van der Waals surface area contributed by atoms with Crippen LogP contribution in [0.2, 0.25) is 0 Å². The molecule has 3 heterocycles. The second-order valence-corrected chi connectivity index (χ2v) is 12.5. The molecule has 1 saturated heterocycles. The smallest absolute Gasteiger partial charge is 0.407 e. The monoisotopic (exact) mass is 728 g/mol. The third-order valence-corrected chi connectivity index (χ3v) is 8.40. The maximum Gasteiger partial charge on any atom is 0.407 e. The summed E-state index contributed by atoms with van der Waals surface area (Å²) in [6.07, 6.45) is 6.39. The summed E-state index contributed by atoms with van der Waals surface area (Å²) in [5, 5.41) is 11.2. The van der Waals surface area contributed by atoms with Gasteiger partial charge in [-0.25, -0.2) is 14.8 Å². The van der Waals surface area contributed by atoms with E-state index in [-0.39, 0.29) is 46.7 Å². The van der Waals surface area contributed by atoms with Crippen LogP contribution in [0.5, 0.6) is 0 Å². The molecule has 2 amide bonds. The number of methoxy groups -OCH3 is 1. The fourth-order valence-corrected chi connectivity index (χ4v) is 5.77. The summed E-state index contributed by atoms with van der Waals surface area (Å²) in [6, 6.07) is 15.9. The average Bonchev–Trinajstić information content (AvgIpc) is 3.91. The van der Waals surface area contributed by atoms with E-state index in [1.807, 2.05) is 65.8 Å². The predicted molar refractivity (Wildman–Crippen MR) is 201 cm³/mol. The molecule has 0 unspecified atom stereocenters.